The summed E-state index contributed by atoms with van der Waals surface area (Å²) in [6, 6.07) is 15.0. The first kappa shape index (κ1) is 26.7. The Hall–Kier alpha value is -2.58. The first-order valence-corrected chi connectivity index (χ1v) is 13.1. The summed E-state index contributed by atoms with van der Waals surface area (Å²) in [4.78, 5) is 27.6. The monoisotopic (exact) mass is 493 g/mol. The molecule has 0 aromatic heterocycles. The van der Waals surface area contributed by atoms with Crippen molar-refractivity contribution in [2.45, 2.75) is 45.7 Å². The zero-order chi connectivity index (χ0) is 24.6. The number of halogens is 1. The topological polar surface area (TPSA) is 86.8 Å². The van der Waals surface area contributed by atoms with Gasteiger partial charge < -0.3 is 10.2 Å². The second-order valence-corrected chi connectivity index (χ2v) is 10.4. The van der Waals surface area contributed by atoms with Gasteiger partial charge in [-0.25, -0.2) is 8.42 Å². The summed E-state index contributed by atoms with van der Waals surface area (Å²) >= 11 is 5.93. The molecule has 2 atom stereocenters. The maximum absolute atomic E-state index is 13.4. The lowest BCUT2D eigenvalue weighted by Gasteiger charge is -2.32. The van der Waals surface area contributed by atoms with Crippen molar-refractivity contribution in [3.63, 3.8) is 0 Å². The number of sulfonamides is 1. The Morgan fingerprint density at radius 2 is 1.64 bits per heavy atom. The maximum atomic E-state index is 13.4. The van der Waals surface area contributed by atoms with Gasteiger partial charge in [-0.05, 0) is 56.5 Å². The highest BCUT2D eigenvalue weighted by molar-refractivity contribution is 7.92. The quantitative estimate of drug-likeness (QED) is 0.519. The van der Waals surface area contributed by atoms with Crippen LogP contribution in [0.4, 0.5) is 5.69 Å². The SMILES string of the molecule is CC[C@@H](C)NC(=O)[C@@H](C)N(CCc1ccccc1)C(=O)CN(c1ccc(Cl)cc1)S(C)(=O)=O. The normalized spacial score (nSPS) is 13.1. The molecule has 2 aromatic rings. The van der Waals surface area contributed by atoms with Crippen LogP contribution in [-0.4, -0.2) is 56.6 Å². The van der Waals surface area contributed by atoms with Crippen molar-refractivity contribution in [2.75, 3.05) is 23.7 Å². The zero-order valence-corrected chi connectivity index (χ0v) is 21.1. The molecule has 9 heteroatoms. The van der Waals surface area contributed by atoms with E-state index in [-0.39, 0.29) is 18.5 Å². The summed E-state index contributed by atoms with van der Waals surface area (Å²) in [6.07, 6.45) is 2.34. The van der Waals surface area contributed by atoms with Gasteiger partial charge in [-0.2, -0.15) is 0 Å². The van der Waals surface area contributed by atoms with E-state index in [0.29, 0.717) is 17.1 Å². The van der Waals surface area contributed by atoms with Crippen LogP contribution in [0.3, 0.4) is 0 Å². The summed E-state index contributed by atoms with van der Waals surface area (Å²) in [7, 11) is -3.75. The lowest BCUT2D eigenvalue weighted by molar-refractivity contribution is -0.139. The van der Waals surface area contributed by atoms with Gasteiger partial charge in [0.1, 0.15) is 12.6 Å². The lowest BCUT2D eigenvalue weighted by atomic mass is 10.1. The highest BCUT2D eigenvalue weighted by Gasteiger charge is 2.30. The molecule has 2 rings (SSSR count). The molecular formula is C24H32ClN3O4S. The van der Waals surface area contributed by atoms with Crippen molar-refractivity contribution in [3.05, 3.63) is 65.2 Å². The summed E-state index contributed by atoms with van der Waals surface area (Å²) in [5.74, 6) is -0.735. The second-order valence-electron chi connectivity index (χ2n) is 8.06. The Morgan fingerprint density at radius 1 is 1.03 bits per heavy atom. The Kier molecular flexibility index (Phi) is 9.73. The van der Waals surface area contributed by atoms with E-state index in [4.69, 9.17) is 11.6 Å². The van der Waals surface area contributed by atoms with Crippen LogP contribution in [0.25, 0.3) is 0 Å². The third-order valence-electron chi connectivity index (χ3n) is 5.45. The van der Waals surface area contributed by atoms with E-state index in [2.05, 4.69) is 5.32 Å². The molecule has 0 fully saturated rings. The molecule has 2 aromatic carbocycles. The van der Waals surface area contributed by atoms with Crippen LogP contribution in [0.15, 0.2) is 54.6 Å². The van der Waals surface area contributed by atoms with Gasteiger partial charge in [-0.15, -0.1) is 0 Å². The lowest BCUT2D eigenvalue weighted by Crippen LogP contribution is -2.53. The molecule has 1 N–H and O–H groups in total. The molecule has 2 amide bonds. The molecule has 33 heavy (non-hydrogen) atoms. The number of nitrogens with zero attached hydrogens (tertiary/aromatic N) is 2. The predicted molar refractivity (Wildman–Crippen MR) is 133 cm³/mol. The number of benzene rings is 2. The standard InChI is InChI=1S/C24H32ClN3O4S/c1-5-18(2)26-24(30)19(3)27(16-15-20-9-7-6-8-10-20)23(29)17-28(33(4,31)32)22-13-11-21(25)12-14-22/h6-14,18-19H,5,15-17H2,1-4H3,(H,26,30)/t18-,19-/m1/s1. The first-order chi connectivity index (χ1) is 15.5. The van der Waals surface area contributed by atoms with Gasteiger partial charge in [0.2, 0.25) is 21.8 Å². The highest BCUT2D eigenvalue weighted by atomic mass is 35.5. The van der Waals surface area contributed by atoms with Crippen LogP contribution in [0.1, 0.15) is 32.8 Å². The second kappa shape index (κ2) is 12.0. The summed E-state index contributed by atoms with van der Waals surface area (Å²) in [6.45, 7) is 5.37. The fraction of sp³-hybridized carbons (Fsp3) is 0.417. The number of anilines is 1. The van der Waals surface area contributed by atoms with Gasteiger partial charge in [0.25, 0.3) is 0 Å². The molecule has 0 saturated heterocycles. The minimum absolute atomic E-state index is 0.0346. The molecule has 0 aliphatic heterocycles. The molecule has 0 aliphatic rings. The van der Waals surface area contributed by atoms with Crippen LogP contribution in [0, 0.1) is 0 Å². The van der Waals surface area contributed by atoms with E-state index in [9.17, 15) is 18.0 Å². The molecule has 180 valence electrons. The molecule has 0 heterocycles. The van der Waals surface area contributed by atoms with Crippen LogP contribution in [0.2, 0.25) is 5.02 Å². The smallest absolute Gasteiger partial charge is 0.244 e. The third-order valence-corrected chi connectivity index (χ3v) is 6.84. The van der Waals surface area contributed by atoms with Crippen LogP contribution < -0.4 is 9.62 Å². The molecule has 7 nitrogen and oxygen atoms in total. The van der Waals surface area contributed by atoms with Gasteiger partial charge in [0, 0.05) is 17.6 Å². The van der Waals surface area contributed by atoms with Crippen LogP contribution in [-0.2, 0) is 26.0 Å². The highest BCUT2D eigenvalue weighted by Crippen LogP contribution is 2.21. The number of amides is 2. The van der Waals surface area contributed by atoms with Gasteiger partial charge >= 0.3 is 0 Å². The molecule has 0 bridgehead atoms. The Morgan fingerprint density at radius 3 is 2.18 bits per heavy atom. The number of carbonyl (C=O) groups excluding carboxylic acids is 2. The number of rotatable bonds is 11. The molecule has 0 aliphatic carbocycles. The van der Waals surface area contributed by atoms with Crippen LogP contribution >= 0.6 is 11.6 Å². The van der Waals surface area contributed by atoms with Crippen molar-refractivity contribution in [2.24, 2.45) is 0 Å². The molecular weight excluding hydrogens is 462 g/mol. The Labute approximate surface area is 201 Å². The van der Waals surface area contributed by atoms with E-state index in [1.807, 2.05) is 44.2 Å². The molecule has 0 saturated carbocycles. The van der Waals surface area contributed by atoms with E-state index >= 15 is 0 Å². The maximum Gasteiger partial charge on any atom is 0.244 e. The zero-order valence-electron chi connectivity index (χ0n) is 19.5. The van der Waals surface area contributed by atoms with E-state index in [1.54, 1.807) is 31.2 Å². The van der Waals surface area contributed by atoms with Gasteiger partial charge in [0.05, 0.1) is 11.9 Å². The van der Waals surface area contributed by atoms with Gasteiger partial charge in [-0.1, -0.05) is 48.9 Å². The molecule has 0 spiro atoms. The van der Waals surface area contributed by atoms with Crippen molar-refractivity contribution < 1.29 is 18.0 Å². The average Bonchev–Trinajstić information content (AvgIpc) is 2.78. The van der Waals surface area contributed by atoms with Crippen molar-refractivity contribution >= 4 is 39.1 Å². The third kappa shape index (κ3) is 8.05. The van der Waals surface area contributed by atoms with E-state index < -0.39 is 28.5 Å². The van der Waals surface area contributed by atoms with Crippen LogP contribution in [0.5, 0.6) is 0 Å². The van der Waals surface area contributed by atoms with E-state index in [0.717, 1.165) is 22.5 Å². The number of carbonyl (C=O) groups is 2. The fourth-order valence-corrected chi connectivity index (χ4v) is 4.23. The predicted octanol–water partition coefficient (Wildman–Crippen LogP) is 3.48. The minimum Gasteiger partial charge on any atom is -0.352 e. The Balaban J connectivity index is 2.29. The minimum atomic E-state index is -3.75. The first-order valence-electron chi connectivity index (χ1n) is 10.9. The number of hydrogen-bond donors (Lipinski definition) is 1. The van der Waals surface area contributed by atoms with Gasteiger partial charge in [-0.3, -0.25) is 13.9 Å². The number of nitrogens with one attached hydrogen (secondary N) is 1. The number of hydrogen-bond acceptors (Lipinski definition) is 4. The van der Waals surface area contributed by atoms with Crippen molar-refractivity contribution in [1.82, 2.24) is 10.2 Å². The summed E-state index contributed by atoms with van der Waals surface area (Å²) in [5.41, 5.74) is 1.34. The fourth-order valence-electron chi connectivity index (χ4n) is 3.26. The van der Waals surface area contributed by atoms with Crippen molar-refractivity contribution in [1.29, 1.82) is 0 Å². The summed E-state index contributed by atoms with van der Waals surface area (Å²) in [5, 5.41) is 3.36. The van der Waals surface area contributed by atoms with Crippen molar-refractivity contribution in [3.8, 4) is 0 Å². The Bertz CT molecular complexity index is 1030. The van der Waals surface area contributed by atoms with E-state index in [1.165, 1.54) is 4.90 Å². The average molecular weight is 494 g/mol. The van der Waals surface area contributed by atoms with Gasteiger partial charge in [0.15, 0.2) is 0 Å². The molecule has 0 unspecified atom stereocenters. The largest absolute Gasteiger partial charge is 0.352 e. The summed E-state index contributed by atoms with van der Waals surface area (Å²) < 4.78 is 26.0. The molecule has 0 radical (unpaired) electrons.